The predicted octanol–water partition coefficient (Wildman–Crippen LogP) is 2.98. The van der Waals surface area contributed by atoms with Crippen LogP contribution in [0.15, 0.2) is 47.1 Å². The zero-order valence-corrected chi connectivity index (χ0v) is 11.1. The molecule has 112 valence electrons. The number of aromatic nitrogens is 3. The van der Waals surface area contributed by atoms with Crippen LogP contribution in [-0.2, 0) is 0 Å². The average molecular weight is 304 g/mol. The molecule has 0 atom stereocenters. The Morgan fingerprint density at radius 1 is 1.09 bits per heavy atom. The van der Waals surface area contributed by atoms with E-state index in [0.29, 0.717) is 11.1 Å². The third-order valence-corrected chi connectivity index (χ3v) is 2.84. The maximum absolute atomic E-state index is 12.4. The van der Waals surface area contributed by atoms with Crippen molar-refractivity contribution in [3.8, 4) is 28.6 Å². The first kappa shape index (κ1) is 13.9. The van der Waals surface area contributed by atoms with Gasteiger partial charge in [0.1, 0.15) is 11.6 Å². The molecule has 2 aromatic heterocycles. The maximum atomic E-state index is 12.4. The summed E-state index contributed by atoms with van der Waals surface area (Å²) in [5, 5.41) is 3.78. The van der Waals surface area contributed by atoms with Crippen LogP contribution in [0.4, 0.5) is 14.6 Å². The minimum Gasteiger partial charge on any atom is -0.434 e. The van der Waals surface area contributed by atoms with Gasteiger partial charge in [-0.1, -0.05) is 17.3 Å². The number of hydrogen-bond donors (Lipinski definition) is 1. The van der Waals surface area contributed by atoms with E-state index in [9.17, 15) is 8.78 Å². The van der Waals surface area contributed by atoms with Crippen molar-refractivity contribution in [2.45, 2.75) is 6.61 Å². The highest BCUT2D eigenvalue weighted by Crippen LogP contribution is 2.31. The van der Waals surface area contributed by atoms with Gasteiger partial charge >= 0.3 is 6.61 Å². The van der Waals surface area contributed by atoms with E-state index in [1.54, 1.807) is 30.3 Å². The number of halogens is 2. The van der Waals surface area contributed by atoms with Crippen LogP contribution in [-0.4, -0.2) is 21.7 Å². The molecule has 2 N–H and O–H groups in total. The second-order valence-electron chi connectivity index (χ2n) is 4.23. The summed E-state index contributed by atoms with van der Waals surface area (Å²) < 4.78 is 34.4. The van der Waals surface area contributed by atoms with E-state index in [4.69, 9.17) is 10.3 Å². The van der Waals surface area contributed by atoms with Crippen LogP contribution in [0.1, 0.15) is 0 Å². The van der Waals surface area contributed by atoms with Gasteiger partial charge in [-0.05, 0) is 24.3 Å². The molecule has 0 amide bonds. The molecule has 0 aliphatic rings. The lowest BCUT2D eigenvalue weighted by molar-refractivity contribution is -0.0494. The van der Waals surface area contributed by atoms with Gasteiger partial charge in [-0.15, -0.1) is 0 Å². The fraction of sp³-hybridized carbons (Fsp3) is 0.0714. The summed E-state index contributed by atoms with van der Waals surface area (Å²) in [5.41, 5.74) is 6.49. The summed E-state index contributed by atoms with van der Waals surface area (Å²) in [6.07, 6.45) is 1.53. The Morgan fingerprint density at radius 3 is 2.64 bits per heavy atom. The van der Waals surface area contributed by atoms with Crippen molar-refractivity contribution in [2.75, 3.05) is 5.73 Å². The third kappa shape index (κ3) is 2.71. The fourth-order valence-electron chi connectivity index (χ4n) is 1.89. The number of nitrogen functional groups attached to an aromatic ring is 1. The van der Waals surface area contributed by atoms with E-state index in [0.717, 1.165) is 0 Å². The molecule has 22 heavy (non-hydrogen) atoms. The van der Waals surface area contributed by atoms with Crippen LogP contribution in [0.5, 0.6) is 5.75 Å². The Bertz CT molecular complexity index is 792. The molecule has 0 unspecified atom stereocenters. The first-order valence-electron chi connectivity index (χ1n) is 6.24. The third-order valence-electron chi connectivity index (χ3n) is 2.84. The molecule has 1 aromatic carbocycles. The van der Waals surface area contributed by atoms with E-state index in [1.165, 1.54) is 12.3 Å². The van der Waals surface area contributed by atoms with Gasteiger partial charge in [0, 0.05) is 6.20 Å². The van der Waals surface area contributed by atoms with Crippen LogP contribution >= 0.6 is 0 Å². The van der Waals surface area contributed by atoms with Gasteiger partial charge in [-0.2, -0.15) is 13.8 Å². The monoisotopic (exact) mass is 304 g/mol. The molecule has 6 nitrogen and oxygen atoms in total. The lowest BCUT2D eigenvalue weighted by Crippen LogP contribution is -2.03. The van der Waals surface area contributed by atoms with Gasteiger partial charge in [0.2, 0.25) is 5.82 Å². The first-order valence-corrected chi connectivity index (χ1v) is 6.24. The van der Waals surface area contributed by atoms with E-state index < -0.39 is 6.61 Å². The Kier molecular flexibility index (Phi) is 3.65. The molecule has 0 fully saturated rings. The lowest BCUT2D eigenvalue weighted by atomic mass is 10.2. The Hall–Kier alpha value is -3.03. The second kappa shape index (κ2) is 5.76. The number of anilines is 1. The molecular formula is C14H10F2N4O2. The lowest BCUT2D eigenvalue weighted by Gasteiger charge is -2.07. The number of alkyl halides is 2. The highest BCUT2D eigenvalue weighted by Gasteiger charge is 2.17. The van der Waals surface area contributed by atoms with E-state index >= 15 is 0 Å². The Labute approximate surface area is 123 Å². The summed E-state index contributed by atoms with van der Waals surface area (Å²) in [6, 6.07) is 9.52. The first-order chi connectivity index (χ1) is 10.6. The molecule has 0 spiro atoms. The number of ether oxygens (including phenoxy) is 1. The summed E-state index contributed by atoms with van der Waals surface area (Å²) in [6.45, 7) is -2.94. The number of hydrogen-bond acceptors (Lipinski definition) is 6. The molecule has 0 aliphatic carbocycles. The SMILES string of the molecule is Nc1ncccc1-c1nc(-c2ccccc2OC(F)F)no1. The fourth-order valence-corrected chi connectivity index (χ4v) is 1.89. The number of nitrogens with zero attached hydrogens (tertiary/aromatic N) is 3. The standard InChI is InChI=1S/C14H10F2N4O2/c15-14(16)21-10-6-2-1-4-8(10)12-19-13(22-20-12)9-5-3-7-18-11(9)17/h1-7,14H,(H2,17,18). The predicted molar refractivity (Wildman–Crippen MR) is 74.0 cm³/mol. The van der Waals surface area contributed by atoms with Crippen LogP contribution in [0.3, 0.4) is 0 Å². The minimum atomic E-state index is -2.94. The highest BCUT2D eigenvalue weighted by atomic mass is 19.3. The number of rotatable bonds is 4. The molecule has 0 radical (unpaired) electrons. The van der Waals surface area contributed by atoms with Gasteiger partial charge in [0.05, 0.1) is 11.1 Å². The van der Waals surface area contributed by atoms with Crippen LogP contribution < -0.4 is 10.5 Å². The molecule has 0 aliphatic heterocycles. The van der Waals surface area contributed by atoms with Gasteiger partial charge in [0.15, 0.2) is 0 Å². The highest BCUT2D eigenvalue weighted by molar-refractivity contribution is 5.70. The smallest absolute Gasteiger partial charge is 0.387 e. The van der Waals surface area contributed by atoms with Crippen LogP contribution in [0.25, 0.3) is 22.8 Å². The summed E-state index contributed by atoms with van der Waals surface area (Å²) in [5.74, 6) is 0.459. The van der Waals surface area contributed by atoms with Gasteiger partial charge in [0.25, 0.3) is 5.89 Å². The van der Waals surface area contributed by atoms with E-state index in [2.05, 4.69) is 19.9 Å². The molecule has 3 rings (SSSR count). The Balaban J connectivity index is 2.00. The molecule has 0 bridgehead atoms. The summed E-state index contributed by atoms with van der Waals surface area (Å²) >= 11 is 0. The zero-order chi connectivity index (χ0) is 15.5. The maximum Gasteiger partial charge on any atom is 0.387 e. The van der Waals surface area contributed by atoms with Crippen LogP contribution in [0.2, 0.25) is 0 Å². The second-order valence-corrected chi connectivity index (χ2v) is 4.23. The number of pyridine rings is 1. The molecule has 3 aromatic rings. The normalized spacial score (nSPS) is 10.9. The average Bonchev–Trinajstić information content (AvgIpc) is 2.97. The van der Waals surface area contributed by atoms with Crippen molar-refractivity contribution in [1.82, 2.24) is 15.1 Å². The zero-order valence-electron chi connectivity index (χ0n) is 11.1. The van der Waals surface area contributed by atoms with Crippen molar-refractivity contribution in [3.05, 3.63) is 42.6 Å². The number of benzene rings is 1. The Morgan fingerprint density at radius 2 is 1.86 bits per heavy atom. The molecule has 0 saturated carbocycles. The molecular weight excluding hydrogens is 294 g/mol. The minimum absolute atomic E-state index is 0.0380. The number of nitrogens with two attached hydrogens (primary N) is 1. The van der Waals surface area contributed by atoms with Crippen molar-refractivity contribution in [2.24, 2.45) is 0 Å². The largest absolute Gasteiger partial charge is 0.434 e. The van der Waals surface area contributed by atoms with Crippen molar-refractivity contribution in [1.29, 1.82) is 0 Å². The van der Waals surface area contributed by atoms with E-state index in [1.807, 2.05) is 0 Å². The molecule has 2 heterocycles. The van der Waals surface area contributed by atoms with Crippen molar-refractivity contribution in [3.63, 3.8) is 0 Å². The van der Waals surface area contributed by atoms with E-state index in [-0.39, 0.29) is 23.3 Å². The van der Waals surface area contributed by atoms with Crippen molar-refractivity contribution >= 4 is 5.82 Å². The van der Waals surface area contributed by atoms with Gasteiger partial charge in [-0.3, -0.25) is 0 Å². The van der Waals surface area contributed by atoms with Crippen molar-refractivity contribution < 1.29 is 18.0 Å². The topological polar surface area (TPSA) is 87.1 Å². The summed E-state index contributed by atoms with van der Waals surface area (Å²) in [7, 11) is 0. The van der Waals surface area contributed by atoms with Crippen LogP contribution in [0, 0.1) is 0 Å². The molecule has 0 saturated heterocycles. The van der Waals surface area contributed by atoms with Gasteiger partial charge < -0.3 is 15.0 Å². The molecule has 8 heteroatoms. The number of para-hydroxylation sites is 1. The van der Waals surface area contributed by atoms with Gasteiger partial charge in [-0.25, -0.2) is 4.98 Å². The summed E-state index contributed by atoms with van der Waals surface area (Å²) in [4.78, 5) is 8.08. The quantitative estimate of drug-likeness (QED) is 0.797.